The van der Waals surface area contributed by atoms with Crippen LogP contribution in [-0.4, -0.2) is 30.4 Å². The zero-order chi connectivity index (χ0) is 8.85. The van der Waals surface area contributed by atoms with Crippen LogP contribution in [0.4, 0.5) is 4.79 Å². The van der Waals surface area contributed by atoms with Crippen molar-refractivity contribution in [3.63, 3.8) is 0 Å². The lowest BCUT2D eigenvalue weighted by molar-refractivity contribution is -0.118. The van der Waals surface area contributed by atoms with Gasteiger partial charge < -0.3 is 16.4 Å². The first-order chi connectivity index (χ1) is 5.04. The Morgan fingerprint density at radius 3 is 2.27 bits per heavy atom. The van der Waals surface area contributed by atoms with Gasteiger partial charge in [0.25, 0.3) is 0 Å². The molecular formula is C6H13N3O2. The zero-order valence-corrected chi connectivity index (χ0v) is 6.54. The van der Waals surface area contributed by atoms with Gasteiger partial charge in [0.1, 0.15) is 0 Å². The van der Waals surface area contributed by atoms with E-state index in [1.807, 2.05) is 0 Å². The molecule has 0 aromatic carbocycles. The average molecular weight is 159 g/mol. The first-order valence-electron chi connectivity index (χ1n) is 3.33. The molecule has 5 heteroatoms. The number of rotatable bonds is 4. The molecule has 4 N–H and O–H groups in total. The van der Waals surface area contributed by atoms with Crippen molar-refractivity contribution in [2.24, 2.45) is 11.5 Å². The van der Waals surface area contributed by atoms with E-state index in [1.165, 1.54) is 4.90 Å². The SMILES string of the molecule is CN(CCCC(N)=O)C(N)=O. The van der Waals surface area contributed by atoms with Crippen molar-refractivity contribution >= 4 is 11.9 Å². The number of primary amides is 2. The molecule has 0 saturated heterocycles. The summed E-state index contributed by atoms with van der Waals surface area (Å²) in [4.78, 5) is 22.0. The third kappa shape index (κ3) is 5.20. The summed E-state index contributed by atoms with van der Waals surface area (Å²) in [6.45, 7) is 0.471. The topological polar surface area (TPSA) is 89.4 Å². The van der Waals surface area contributed by atoms with E-state index in [1.54, 1.807) is 7.05 Å². The Hall–Kier alpha value is -1.26. The summed E-state index contributed by atoms with van der Waals surface area (Å²) >= 11 is 0. The Morgan fingerprint density at radius 2 is 1.91 bits per heavy atom. The fraction of sp³-hybridized carbons (Fsp3) is 0.667. The quantitative estimate of drug-likeness (QED) is 0.565. The number of urea groups is 1. The molecule has 0 heterocycles. The minimum atomic E-state index is -0.491. The Balaban J connectivity index is 3.39. The van der Waals surface area contributed by atoms with Crippen molar-refractivity contribution in [1.29, 1.82) is 0 Å². The van der Waals surface area contributed by atoms with Crippen LogP contribution in [0.3, 0.4) is 0 Å². The molecule has 0 radical (unpaired) electrons. The van der Waals surface area contributed by atoms with Gasteiger partial charge in [0, 0.05) is 20.0 Å². The molecule has 0 aliphatic carbocycles. The smallest absolute Gasteiger partial charge is 0.314 e. The van der Waals surface area contributed by atoms with Crippen LogP contribution in [0.2, 0.25) is 0 Å². The second kappa shape index (κ2) is 4.54. The third-order valence-corrected chi connectivity index (χ3v) is 1.29. The molecule has 0 aromatic heterocycles. The van der Waals surface area contributed by atoms with Gasteiger partial charge in [-0.25, -0.2) is 4.79 Å². The zero-order valence-electron chi connectivity index (χ0n) is 6.54. The van der Waals surface area contributed by atoms with Gasteiger partial charge in [-0.1, -0.05) is 0 Å². The molecule has 64 valence electrons. The number of hydrogen-bond acceptors (Lipinski definition) is 2. The van der Waals surface area contributed by atoms with E-state index in [0.717, 1.165) is 0 Å². The summed E-state index contributed by atoms with van der Waals surface area (Å²) in [5, 5.41) is 0. The maximum Gasteiger partial charge on any atom is 0.314 e. The van der Waals surface area contributed by atoms with Crippen molar-refractivity contribution in [3.05, 3.63) is 0 Å². The van der Waals surface area contributed by atoms with Gasteiger partial charge in [0.2, 0.25) is 5.91 Å². The van der Waals surface area contributed by atoms with Gasteiger partial charge in [-0.15, -0.1) is 0 Å². The number of amides is 3. The van der Waals surface area contributed by atoms with Gasteiger partial charge in [0.05, 0.1) is 0 Å². The highest BCUT2D eigenvalue weighted by molar-refractivity contribution is 5.74. The Labute approximate surface area is 65.3 Å². The molecule has 3 amide bonds. The van der Waals surface area contributed by atoms with E-state index in [9.17, 15) is 9.59 Å². The van der Waals surface area contributed by atoms with E-state index >= 15 is 0 Å². The van der Waals surface area contributed by atoms with E-state index in [2.05, 4.69) is 0 Å². The van der Waals surface area contributed by atoms with E-state index < -0.39 is 6.03 Å². The summed E-state index contributed by atoms with van der Waals surface area (Å²) in [6.07, 6.45) is 0.854. The van der Waals surface area contributed by atoms with Crippen molar-refractivity contribution in [3.8, 4) is 0 Å². The predicted molar refractivity (Wildman–Crippen MR) is 40.6 cm³/mol. The van der Waals surface area contributed by atoms with Gasteiger partial charge in [-0.2, -0.15) is 0 Å². The number of nitrogens with two attached hydrogens (primary N) is 2. The van der Waals surface area contributed by atoms with Crippen molar-refractivity contribution < 1.29 is 9.59 Å². The predicted octanol–water partition coefficient (Wildman–Crippen LogP) is -0.738. The lowest BCUT2D eigenvalue weighted by atomic mass is 10.3. The number of carbonyl (C=O) groups is 2. The fourth-order valence-electron chi connectivity index (χ4n) is 0.601. The molecule has 0 aliphatic rings. The highest BCUT2D eigenvalue weighted by Gasteiger charge is 2.02. The van der Waals surface area contributed by atoms with Crippen LogP contribution in [0, 0.1) is 0 Å². The van der Waals surface area contributed by atoms with E-state index in [-0.39, 0.29) is 12.3 Å². The molecule has 5 nitrogen and oxygen atoms in total. The highest BCUT2D eigenvalue weighted by Crippen LogP contribution is 1.90. The molecule has 0 aliphatic heterocycles. The van der Waals surface area contributed by atoms with Crippen LogP contribution in [0.5, 0.6) is 0 Å². The molecule has 0 unspecified atom stereocenters. The number of nitrogens with zero attached hydrogens (tertiary/aromatic N) is 1. The van der Waals surface area contributed by atoms with Crippen LogP contribution in [-0.2, 0) is 4.79 Å². The van der Waals surface area contributed by atoms with Crippen LogP contribution in [0.1, 0.15) is 12.8 Å². The Morgan fingerprint density at radius 1 is 1.36 bits per heavy atom. The van der Waals surface area contributed by atoms with E-state index in [4.69, 9.17) is 11.5 Å². The molecule has 0 atom stereocenters. The van der Waals surface area contributed by atoms with Crippen molar-refractivity contribution in [1.82, 2.24) is 4.90 Å². The number of hydrogen-bond donors (Lipinski definition) is 2. The van der Waals surface area contributed by atoms with Crippen LogP contribution < -0.4 is 11.5 Å². The molecule has 11 heavy (non-hydrogen) atoms. The lowest BCUT2D eigenvalue weighted by Gasteiger charge is -2.12. The maximum atomic E-state index is 10.4. The van der Waals surface area contributed by atoms with Crippen LogP contribution in [0.25, 0.3) is 0 Å². The van der Waals surface area contributed by atoms with Crippen molar-refractivity contribution in [2.75, 3.05) is 13.6 Å². The summed E-state index contributed by atoms with van der Waals surface area (Å²) in [7, 11) is 1.57. The van der Waals surface area contributed by atoms with Crippen LogP contribution in [0.15, 0.2) is 0 Å². The first-order valence-corrected chi connectivity index (χ1v) is 3.33. The highest BCUT2D eigenvalue weighted by atomic mass is 16.2. The Kier molecular flexibility index (Phi) is 4.02. The van der Waals surface area contributed by atoms with Gasteiger partial charge in [0.15, 0.2) is 0 Å². The van der Waals surface area contributed by atoms with Gasteiger partial charge in [-0.05, 0) is 6.42 Å². The molecule has 0 rings (SSSR count). The maximum absolute atomic E-state index is 10.4. The molecule has 0 saturated carbocycles. The lowest BCUT2D eigenvalue weighted by Crippen LogP contribution is -2.33. The fourth-order valence-corrected chi connectivity index (χ4v) is 0.601. The normalized spacial score (nSPS) is 9.18. The van der Waals surface area contributed by atoms with Gasteiger partial charge >= 0.3 is 6.03 Å². The number of carbonyl (C=O) groups excluding carboxylic acids is 2. The second-order valence-corrected chi connectivity index (χ2v) is 2.33. The summed E-state index contributed by atoms with van der Waals surface area (Å²) in [5.74, 6) is -0.358. The standard InChI is InChI=1S/C6H13N3O2/c1-9(6(8)11)4-2-3-5(7)10/h2-4H2,1H3,(H2,7,10)(H2,8,11). The molecule has 0 fully saturated rings. The summed E-state index contributed by atoms with van der Waals surface area (Å²) in [5.41, 5.74) is 9.80. The molecule has 0 aromatic rings. The molecule has 0 spiro atoms. The third-order valence-electron chi connectivity index (χ3n) is 1.29. The average Bonchev–Trinajstić information content (AvgIpc) is 1.86. The molecular weight excluding hydrogens is 146 g/mol. The minimum absolute atomic E-state index is 0.289. The van der Waals surface area contributed by atoms with Crippen molar-refractivity contribution in [2.45, 2.75) is 12.8 Å². The minimum Gasteiger partial charge on any atom is -0.370 e. The first kappa shape index (κ1) is 9.74. The Bertz CT molecular complexity index is 158. The van der Waals surface area contributed by atoms with Gasteiger partial charge in [-0.3, -0.25) is 4.79 Å². The largest absolute Gasteiger partial charge is 0.370 e. The van der Waals surface area contributed by atoms with E-state index in [0.29, 0.717) is 13.0 Å². The second-order valence-electron chi connectivity index (χ2n) is 2.33. The summed E-state index contributed by atoms with van der Waals surface area (Å²) in [6, 6.07) is -0.491. The van der Waals surface area contributed by atoms with Crippen LogP contribution >= 0.6 is 0 Å². The summed E-state index contributed by atoms with van der Waals surface area (Å²) < 4.78 is 0. The monoisotopic (exact) mass is 159 g/mol. The molecule has 0 bridgehead atoms.